The summed E-state index contributed by atoms with van der Waals surface area (Å²) in [6.45, 7) is 4.34. The zero-order chi connectivity index (χ0) is 49.2. The molecule has 0 aromatic rings. The van der Waals surface area contributed by atoms with Gasteiger partial charge in [0.15, 0.2) is 0 Å². The first kappa shape index (κ1) is 66.6. The fraction of sp³-hybridized carbons (Fsp3) is 0.891. The number of carbonyl (C=O) groups is 1. The smallest absolute Gasteiger partial charge is 0.220 e. The molecule has 0 aliphatic heterocycles. The van der Waals surface area contributed by atoms with Crippen molar-refractivity contribution >= 4 is 5.91 Å². The van der Waals surface area contributed by atoms with Gasteiger partial charge in [-0.15, -0.1) is 0 Å². The minimum absolute atomic E-state index is 0.0706. The van der Waals surface area contributed by atoms with E-state index in [0.29, 0.717) is 6.42 Å². The quantitative estimate of drug-likeness (QED) is 0.0420. The highest BCUT2D eigenvalue weighted by Crippen LogP contribution is 2.18. The summed E-state index contributed by atoms with van der Waals surface area (Å²) in [7, 11) is 0. The molecular formula is C64H123NO3. The van der Waals surface area contributed by atoms with Crippen LogP contribution in [0.4, 0.5) is 0 Å². The summed E-state index contributed by atoms with van der Waals surface area (Å²) in [4.78, 5) is 12.5. The predicted octanol–water partition coefficient (Wildman–Crippen LogP) is 20.8. The molecule has 4 nitrogen and oxygen atoms in total. The van der Waals surface area contributed by atoms with Gasteiger partial charge in [0.25, 0.3) is 0 Å². The van der Waals surface area contributed by atoms with E-state index in [4.69, 9.17) is 0 Å². The number of aliphatic hydroxyl groups excluding tert-OH is 2. The molecule has 2 unspecified atom stereocenters. The second-order valence-corrected chi connectivity index (χ2v) is 21.5. The lowest BCUT2D eigenvalue weighted by atomic mass is 10.0. The van der Waals surface area contributed by atoms with E-state index in [-0.39, 0.29) is 12.5 Å². The largest absolute Gasteiger partial charge is 0.394 e. The lowest BCUT2D eigenvalue weighted by Crippen LogP contribution is -2.45. The Bertz CT molecular complexity index is 1040. The summed E-state index contributed by atoms with van der Waals surface area (Å²) in [6.07, 6.45) is 82.0. The normalized spacial score (nSPS) is 12.9. The SMILES string of the molecule is CCCCCCCCCCCCCCCCCCCC/C=C/CC/C=C/CC/C=C/C(O)C(CO)NC(=O)CCCCCCCCCCCCCCCCCCCCCCCCCCCCCC. The van der Waals surface area contributed by atoms with Crippen molar-refractivity contribution in [1.82, 2.24) is 5.32 Å². The first-order valence-corrected chi connectivity index (χ1v) is 31.2. The molecule has 3 N–H and O–H groups in total. The average Bonchev–Trinajstić information content (AvgIpc) is 3.34. The van der Waals surface area contributed by atoms with Crippen LogP contribution >= 0.6 is 0 Å². The summed E-state index contributed by atoms with van der Waals surface area (Å²) < 4.78 is 0. The first-order valence-electron chi connectivity index (χ1n) is 31.2. The van der Waals surface area contributed by atoms with Crippen LogP contribution < -0.4 is 5.32 Å². The highest BCUT2D eigenvalue weighted by molar-refractivity contribution is 5.76. The molecule has 0 saturated heterocycles. The van der Waals surface area contributed by atoms with Crippen molar-refractivity contribution in [3.05, 3.63) is 36.5 Å². The summed E-state index contributed by atoms with van der Waals surface area (Å²) >= 11 is 0. The molecule has 2 atom stereocenters. The molecule has 402 valence electrons. The molecule has 0 rings (SSSR count). The van der Waals surface area contributed by atoms with Crippen LogP contribution in [0, 0.1) is 0 Å². The first-order chi connectivity index (χ1) is 33.7. The summed E-state index contributed by atoms with van der Waals surface area (Å²) in [6, 6.07) is -0.645. The van der Waals surface area contributed by atoms with Crippen molar-refractivity contribution in [3.63, 3.8) is 0 Å². The molecule has 0 fully saturated rings. The minimum atomic E-state index is -0.870. The van der Waals surface area contributed by atoms with Gasteiger partial charge >= 0.3 is 0 Å². The number of allylic oxidation sites excluding steroid dienone is 5. The lowest BCUT2D eigenvalue weighted by Gasteiger charge is -2.19. The minimum Gasteiger partial charge on any atom is -0.394 e. The van der Waals surface area contributed by atoms with Gasteiger partial charge in [-0.25, -0.2) is 0 Å². The van der Waals surface area contributed by atoms with E-state index in [1.54, 1.807) is 6.08 Å². The Morgan fingerprint density at radius 3 is 0.853 bits per heavy atom. The van der Waals surface area contributed by atoms with E-state index in [9.17, 15) is 15.0 Å². The van der Waals surface area contributed by atoms with Gasteiger partial charge in [-0.3, -0.25) is 4.79 Å². The van der Waals surface area contributed by atoms with Crippen LogP contribution in [0.25, 0.3) is 0 Å². The Kier molecular flexibility index (Phi) is 58.7. The van der Waals surface area contributed by atoms with Gasteiger partial charge in [-0.2, -0.15) is 0 Å². The number of nitrogens with one attached hydrogen (secondary N) is 1. The third-order valence-corrected chi connectivity index (χ3v) is 14.6. The fourth-order valence-corrected chi connectivity index (χ4v) is 9.86. The van der Waals surface area contributed by atoms with Crippen molar-refractivity contribution in [2.45, 2.75) is 360 Å². The lowest BCUT2D eigenvalue weighted by molar-refractivity contribution is -0.123. The molecule has 0 aliphatic rings. The average molecular weight is 955 g/mol. The number of rotatable bonds is 58. The molecule has 0 saturated carbocycles. The highest BCUT2D eigenvalue weighted by Gasteiger charge is 2.18. The molecule has 0 aliphatic carbocycles. The summed E-state index contributed by atoms with van der Waals surface area (Å²) in [5.41, 5.74) is 0. The molecule has 0 radical (unpaired) electrons. The van der Waals surface area contributed by atoms with Gasteiger partial charge in [0, 0.05) is 6.42 Å². The maximum absolute atomic E-state index is 12.5. The van der Waals surface area contributed by atoms with Gasteiger partial charge in [-0.1, -0.05) is 333 Å². The van der Waals surface area contributed by atoms with Crippen molar-refractivity contribution in [3.8, 4) is 0 Å². The maximum atomic E-state index is 12.5. The van der Waals surface area contributed by atoms with Gasteiger partial charge in [0.1, 0.15) is 0 Å². The van der Waals surface area contributed by atoms with E-state index in [1.807, 2.05) is 6.08 Å². The third kappa shape index (κ3) is 55.5. The molecular weight excluding hydrogens is 831 g/mol. The standard InChI is InChI=1S/C64H123NO3/c1-3-5-7-9-11-13-15-17-19-21-23-25-27-29-31-33-35-37-39-41-43-45-47-49-51-53-55-57-59-63(67)62(61-66)65-64(68)60-58-56-54-52-50-48-46-44-42-40-38-36-34-32-30-28-26-24-22-20-18-16-14-12-10-8-6-4-2/h41,43,49,51,57,59,62-63,66-67H,3-40,42,44-48,50,52-56,58,60-61H2,1-2H3,(H,65,68)/b43-41+,51-49+,59-57+. The molecule has 1 amide bonds. The monoisotopic (exact) mass is 954 g/mol. The number of aliphatic hydroxyl groups is 2. The van der Waals surface area contributed by atoms with Crippen LogP contribution in [-0.2, 0) is 4.79 Å². The van der Waals surface area contributed by atoms with E-state index in [1.165, 1.54) is 289 Å². The number of unbranched alkanes of at least 4 members (excludes halogenated alkanes) is 47. The second-order valence-electron chi connectivity index (χ2n) is 21.5. The van der Waals surface area contributed by atoms with Crippen molar-refractivity contribution in [2.75, 3.05) is 6.61 Å². The van der Waals surface area contributed by atoms with Crippen LogP contribution in [0.15, 0.2) is 36.5 Å². The highest BCUT2D eigenvalue weighted by atomic mass is 16.3. The number of amides is 1. The van der Waals surface area contributed by atoms with E-state index in [2.05, 4.69) is 43.5 Å². The third-order valence-electron chi connectivity index (χ3n) is 14.6. The van der Waals surface area contributed by atoms with Crippen LogP contribution in [0.2, 0.25) is 0 Å². The van der Waals surface area contributed by atoms with E-state index < -0.39 is 12.1 Å². The van der Waals surface area contributed by atoms with Gasteiger partial charge in [0.2, 0.25) is 5.91 Å². The fourth-order valence-electron chi connectivity index (χ4n) is 9.86. The van der Waals surface area contributed by atoms with Gasteiger partial charge in [-0.05, 0) is 44.9 Å². The van der Waals surface area contributed by atoms with Crippen LogP contribution in [0.3, 0.4) is 0 Å². The van der Waals surface area contributed by atoms with E-state index in [0.717, 1.165) is 38.5 Å². The summed E-state index contributed by atoms with van der Waals surface area (Å²) in [5, 5.41) is 23.2. The molecule has 0 aromatic carbocycles. The summed E-state index contributed by atoms with van der Waals surface area (Å²) in [5.74, 6) is -0.0706. The number of hydrogen-bond acceptors (Lipinski definition) is 3. The Morgan fingerprint density at radius 1 is 0.338 bits per heavy atom. The zero-order valence-electron chi connectivity index (χ0n) is 46.4. The Labute approximate surface area is 427 Å². The van der Waals surface area contributed by atoms with Crippen LogP contribution in [0.5, 0.6) is 0 Å². The second kappa shape index (κ2) is 59.9. The van der Waals surface area contributed by atoms with E-state index >= 15 is 0 Å². The molecule has 4 heteroatoms. The number of hydrogen-bond donors (Lipinski definition) is 3. The topological polar surface area (TPSA) is 69.6 Å². The predicted molar refractivity (Wildman–Crippen MR) is 304 cm³/mol. The molecule has 68 heavy (non-hydrogen) atoms. The molecule has 0 bridgehead atoms. The molecule has 0 aromatic heterocycles. The molecule has 0 spiro atoms. The number of carbonyl (C=O) groups excluding carboxylic acids is 1. The van der Waals surface area contributed by atoms with Gasteiger partial charge in [0.05, 0.1) is 18.8 Å². The van der Waals surface area contributed by atoms with Crippen LogP contribution in [-0.4, -0.2) is 34.9 Å². The van der Waals surface area contributed by atoms with Crippen LogP contribution in [0.1, 0.15) is 348 Å². The zero-order valence-corrected chi connectivity index (χ0v) is 46.4. The Hall–Kier alpha value is -1.39. The van der Waals surface area contributed by atoms with Crippen molar-refractivity contribution in [2.24, 2.45) is 0 Å². The van der Waals surface area contributed by atoms with Crippen molar-refractivity contribution < 1.29 is 15.0 Å². The molecule has 0 heterocycles. The Balaban J connectivity index is 3.49. The maximum Gasteiger partial charge on any atom is 0.220 e. The van der Waals surface area contributed by atoms with Crippen molar-refractivity contribution in [1.29, 1.82) is 0 Å². The Morgan fingerprint density at radius 2 is 0.574 bits per heavy atom. The van der Waals surface area contributed by atoms with Gasteiger partial charge < -0.3 is 15.5 Å².